The number of hydrogen-bond acceptors (Lipinski definition) is 3. The molecule has 0 unspecified atom stereocenters. The average Bonchev–Trinajstić information content (AvgIpc) is 2.76. The summed E-state index contributed by atoms with van der Waals surface area (Å²) in [7, 11) is 2.14. The SMILES string of the molecule is CN1CCCc2c(-c3cc(N)n[nH]3)cccc21. The molecule has 0 saturated carbocycles. The Hall–Kier alpha value is -1.97. The van der Waals surface area contributed by atoms with Crippen LogP contribution >= 0.6 is 0 Å². The van der Waals surface area contributed by atoms with E-state index in [9.17, 15) is 0 Å². The average molecular weight is 228 g/mol. The minimum atomic E-state index is 0.543. The molecule has 2 aromatic rings. The third-order valence-corrected chi connectivity index (χ3v) is 3.37. The Labute approximate surface area is 100 Å². The largest absolute Gasteiger partial charge is 0.382 e. The Bertz CT molecular complexity index is 544. The minimum Gasteiger partial charge on any atom is -0.382 e. The summed E-state index contributed by atoms with van der Waals surface area (Å²) in [5.74, 6) is 0.543. The van der Waals surface area contributed by atoms with Crippen LogP contribution in [0.5, 0.6) is 0 Å². The molecule has 0 bridgehead atoms. The van der Waals surface area contributed by atoms with Gasteiger partial charge in [-0.15, -0.1) is 0 Å². The molecule has 2 heterocycles. The van der Waals surface area contributed by atoms with Crippen LogP contribution in [0, 0.1) is 0 Å². The topological polar surface area (TPSA) is 57.9 Å². The van der Waals surface area contributed by atoms with E-state index in [-0.39, 0.29) is 0 Å². The van der Waals surface area contributed by atoms with Gasteiger partial charge in [0.05, 0.1) is 5.69 Å². The minimum absolute atomic E-state index is 0.543. The third-order valence-electron chi connectivity index (χ3n) is 3.37. The van der Waals surface area contributed by atoms with Crippen molar-refractivity contribution in [1.29, 1.82) is 0 Å². The van der Waals surface area contributed by atoms with Crippen molar-refractivity contribution in [2.45, 2.75) is 12.8 Å². The van der Waals surface area contributed by atoms with Gasteiger partial charge in [0.15, 0.2) is 0 Å². The summed E-state index contributed by atoms with van der Waals surface area (Å²) in [4.78, 5) is 2.31. The Balaban J connectivity index is 2.15. The zero-order chi connectivity index (χ0) is 11.8. The van der Waals surface area contributed by atoms with Crippen molar-refractivity contribution in [1.82, 2.24) is 10.2 Å². The van der Waals surface area contributed by atoms with E-state index in [2.05, 4.69) is 40.3 Å². The molecule has 0 radical (unpaired) electrons. The number of benzene rings is 1. The second kappa shape index (κ2) is 3.80. The van der Waals surface area contributed by atoms with E-state index in [0.29, 0.717) is 5.82 Å². The van der Waals surface area contributed by atoms with Crippen LogP contribution in [-0.4, -0.2) is 23.8 Å². The lowest BCUT2D eigenvalue weighted by Gasteiger charge is -2.28. The van der Waals surface area contributed by atoms with Crippen molar-refractivity contribution in [2.75, 3.05) is 24.2 Å². The van der Waals surface area contributed by atoms with E-state index in [1.807, 2.05) is 6.07 Å². The van der Waals surface area contributed by atoms with Gasteiger partial charge in [0.25, 0.3) is 0 Å². The Kier molecular flexibility index (Phi) is 2.28. The summed E-state index contributed by atoms with van der Waals surface area (Å²) in [6.07, 6.45) is 2.32. The van der Waals surface area contributed by atoms with Crippen LogP contribution in [0.2, 0.25) is 0 Å². The molecule has 0 fully saturated rings. The first-order valence-electron chi connectivity index (χ1n) is 5.90. The smallest absolute Gasteiger partial charge is 0.145 e. The molecule has 0 saturated heterocycles. The van der Waals surface area contributed by atoms with Crippen molar-refractivity contribution in [3.63, 3.8) is 0 Å². The maximum absolute atomic E-state index is 5.67. The van der Waals surface area contributed by atoms with Gasteiger partial charge in [0.2, 0.25) is 0 Å². The third kappa shape index (κ3) is 1.65. The fourth-order valence-electron chi connectivity index (χ4n) is 2.54. The molecule has 1 aliphatic heterocycles. The fraction of sp³-hybridized carbons (Fsp3) is 0.308. The molecular weight excluding hydrogens is 212 g/mol. The maximum Gasteiger partial charge on any atom is 0.145 e. The molecule has 88 valence electrons. The molecule has 0 aliphatic carbocycles. The molecule has 1 aliphatic rings. The summed E-state index contributed by atoms with van der Waals surface area (Å²) in [5.41, 5.74) is 10.6. The molecule has 0 amide bonds. The standard InChI is InChI=1S/C13H16N4/c1-17-7-3-5-10-9(4-2-6-12(10)17)11-8-13(14)16-15-11/h2,4,6,8H,3,5,7H2,1H3,(H3,14,15,16). The van der Waals surface area contributed by atoms with E-state index in [1.165, 1.54) is 23.2 Å². The van der Waals surface area contributed by atoms with Gasteiger partial charge in [-0.1, -0.05) is 12.1 Å². The van der Waals surface area contributed by atoms with Gasteiger partial charge in [0.1, 0.15) is 5.82 Å². The number of rotatable bonds is 1. The number of H-pyrrole nitrogens is 1. The monoisotopic (exact) mass is 228 g/mol. The fourth-order valence-corrected chi connectivity index (χ4v) is 2.54. The van der Waals surface area contributed by atoms with Crippen molar-refractivity contribution in [2.24, 2.45) is 0 Å². The van der Waals surface area contributed by atoms with Gasteiger partial charge in [-0.2, -0.15) is 5.10 Å². The van der Waals surface area contributed by atoms with Gasteiger partial charge in [0, 0.05) is 30.9 Å². The predicted molar refractivity (Wildman–Crippen MR) is 70.0 cm³/mol. The normalized spacial score (nSPS) is 14.8. The number of nitrogen functional groups attached to an aromatic ring is 1. The van der Waals surface area contributed by atoms with E-state index in [1.54, 1.807) is 0 Å². The highest BCUT2D eigenvalue weighted by Crippen LogP contribution is 2.34. The number of nitrogens with one attached hydrogen (secondary N) is 1. The molecule has 0 spiro atoms. The van der Waals surface area contributed by atoms with E-state index in [4.69, 9.17) is 5.73 Å². The highest BCUT2D eigenvalue weighted by molar-refractivity contribution is 5.74. The number of aromatic nitrogens is 2. The van der Waals surface area contributed by atoms with Crippen molar-refractivity contribution in [3.8, 4) is 11.3 Å². The van der Waals surface area contributed by atoms with E-state index < -0.39 is 0 Å². The van der Waals surface area contributed by atoms with Crippen LogP contribution in [0.1, 0.15) is 12.0 Å². The second-order valence-corrected chi connectivity index (χ2v) is 4.53. The van der Waals surface area contributed by atoms with Crippen LogP contribution in [0.3, 0.4) is 0 Å². The summed E-state index contributed by atoms with van der Waals surface area (Å²) in [5, 5.41) is 6.99. The van der Waals surface area contributed by atoms with Gasteiger partial charge in [-0.3, -0.25) is 5.10 Å². The number of nitrogens with two attached hydrogens (primary N) is 1. The zero-order valence-electron chi connectivity index (χ0n) is 9.90. The summed E-state index contributed by atoms with van der Waals surface area (Å²) < 4.78 is 0. The predicted octanol–water partition coefficient (Wildman–Crippen LogP) is 2.04. The lowest BCUT2D eigenvalue weighted by molar-refractivity contribution is 0.745. The number of nitrogens with zero attached hydrogens (tertiary/aromatic N) is 2. The molecule has 1 aromatic carbocycles. The highest BCUT2D eigenvalue weighted by Gasteiger charge is 2.17. The molecule has 3 N–H and O–H groups in total. The first kappa shape index (κ1) is 10.2. The van der Waals surface area contributed by atoms with Crippen molar-refractivity contribution < 1.29 is 0 Å². The Morgan fingerprint density at radius 2 is 2.29 bits per heavy atom. The maximum atomic E-state index is 5.67. The molecule has 0 atom stereocenters. The summed E-state index contributed by atoms with van der Waals surface area (Å²) in [6.45, 7) is 1.13. The lowest BCUT2D eigenvalue weighted by Crippen LogP contribution is -2.24. The number of anilines is 2. The Morgan fingerprint density at radius 3 is 3.06 bits per heavy atom. The van der Waals surface area contributed by atoms with Crippen LogP contribution < -0.4 is 10.6 Å². The van der Waals surface area contributed by atoms with Crippen LogP contribution in [0.15, 0.2) is 24.3 Å². The van der Waals surface area contributed by atoms with Gasteiger partial charge < -0.3 is 10.6 Å². The van der Waals surface area contributed by atoms with Crippen LogP contribution in [-0.2, 0) is 6.42 Å². The van der Waals surface area contributed by atoms with Crippen LogP contribution in [0.4, 0.5) is 11.5 Å². The lowest BCUT2D eigenvalue weighted by atomic mass is 9.95. The van der Waals surface area contributed by atoms with E-state index in [0.717, 1.165) is 18.7 Å². The second-order valence-electron chi connectivity index (χ2n) is 4.53. The van der Waals surface area contributed by atoms with E-state index >= 15 is 0 Å². The number of hydrogen-bond donors (Lipinski definition) is 2. The molecule has 3 rings (SSSR count). The van der Waals surface area contributed by atoms with Crippen molar-refractivity contribution in [3.05, 3.63) is 29.8 Å². The quantitative estimate of drug-likeness (QED) is 0.785. The number of aromatic amines is 1. The number of fused-ring (bicyclic) bond motifs is 1. The summed E-state index contributed by atoms with van der Waals surface area (Å²) >= 11 is 0. The summed E-state index contributed by atoms with van der Waals surface area (Å²) in [6, 6.07) is 8.29. The Morgan fingerprint density at radius 1 is 1.41 bits per heavy atom. The first-order valence-corrected chi connectivity index (χ1v) is 5.90. The molecule has 17 heavy (non-hydrogen) atoms. The van der Waals surface area contributed by atoms with Gasteiger partial charge in [-0.25, -0.2) is 0 Å². The molecular formula is C13H16N4. The first-order chi connectivity index (χ1) is 8.25. The van der Waals surface area contributed by atoms with Gasteiger partial charge >= 0.3 is 0 Å². The molecule has 4 nitrogen and oxygen atoms in total. The highest BCUT2D eigenvalue weighted by atomic mass is 15.2. The van der Waals surface area contributed by atoms with Gasteiger partial charge in [-0.05, 0) is 24.5 Å². The van der Waals surface area contributed by atoms with Crippen LogP contribution in [0.25, 0.3) is 11.3 Å². The van der Waals surface area contributed by atoms with Crippen molar-refractivity contribution >= 4 is 11.5 Å². The zero-order valence-corrected chi connectivity index (χ0v) is 9.90. The molecule has 4 heteroatoms. The molecule has 1 aromatic heterocycles.